The SMILES string of the molecule is COc1ccccc1CNC(=O)N1CCCC[C@H]1C1OCCO1. The zero-order chi connectivity index (χ0) is 16.1. The Hall–Kier alpha value is -1.79. The molecule has 2 aliphatic heterocycles. The first-order valence-electron chi connectivity index (χ1n) is 8.19. The molecular formula is C17H24N2O4. The monoisotopic (exact) mass is 320 g/mol. The molecule has 0 aliphatic carbocycles. The summed E-state index contributed by atoms with van der Waals surface area (Å²) < 4.78 is 16.5. The molecule has 1 aromatic carbocycles. The molecule has 1 atom stereocenters. The summed E-state index contributed by atoms with van der Waals surface area (Å²) in [5, 5.41) is 2.99. The van der Waals surface area contributed by atoms with Gasteiger partial charge in [-0.2, -0.15) is 0 Å². The first-order valence-corrected chi connectivity index (χ1v) is 8.19. The molecule has 2 heterocycles. The predicted molar refractivity (Wildman–Crippen MR) is 85.3 cm³/mol. The van der Waals surface area contributed by atoms with E-state index in [1.54, 1.807) is 7.11 Å². The predicted octanol–water partition coefficient (Wildman–Crippen LogP) is 2.13. The van der Waals surface area contributed by atoms with Gasteiger partial charge in [-0.25, -0.2) is 4.79 Å². The van der Waals surface area contributed by atoms with Crippen LogP contribution in [0.5, 0.6) is 5.75 Å². The fourth-order valence-corrected chi connectivity index (χ4v) is 3.21. The van der Waals surface area contributed by atoms with Gasteiger partial charge >= 0.3 is 6.03 Å². The summed E-state index contributed by atoms with van der Waals surface area (Å²) in [6.07, 6.45) is 2.76. The molecule has 126 valence electrons. The van der Waals surface area contributed by atoms with Gasteiger partial charge in [-0.3, -0.25) is 0 Å². The van der Waals surface area contributed by atoms with Gasteiger partial charge in [0.2, 0.25) is 0 Å². The Kier molecular flexibility index (Phi) is 5.35. The van der Waals surface area contributed by atoms with Crippen molar-refractivity contribution in [1.82, 2.24) is 10.2 Å². The summed E-state index contributed by atoms with van der Waals surface area (Å²) in [4.78, 5) is 14.5. The van der Waals surface area contributed by atoms with Crippen molar-refractivity contribution in [2.24, 2.45) is 0 Å². The van der Waals surface area contributed by atoms with Crippen LogP contribution in [0.25, 0.3) is 0 Å². The maximum atomic E-state index is 12.6. The largest absolute Gasteiger partial charge is 0.496 e. The van der Waals surface area contributed by atoms with E-state index in [0.717, 1.165) is 37.1 Å². The van der Waals surface area contributed by atoms with E-state index in [0.29, 0.717) is 19.8 Å². The van der Waals surface area contributed by atoms with Crippen LogP contribution in [0.3, 0.4) is 0 Å². The van der Waals surface area contributed by atoms with Crippen molar-refractivity contribution >= 4 is 6.03 Å². The molecule has 2 aliphatic rings. The van der Waals surface area contributed by atoms with Crippen LogP contribution in [0.1, 0.15) is 24.8 Å². The maximum Gasteiger partial charge on any atom is 0.318 e. The van der Waals surface area contributed by atoms with Crippen LogP contribution < -0.4 is 10.1 Å². The molecule has 0 bridgehead atoms. The topological polar surface area (TPSA) is 60.0 Å². The van der Waals surface area contributed by atoms with Crippen molar-refractivity contribution in [2.75, 3.05) is 26.9 Å². The van der Waals surface area contributed by atoms with Gasteiger partial charge in [0, 0.05) is 18.7 Å². The Morgan fingerprint density at radius 3 is 2.87 bits per heavy atom. The van der Waals surface area contributed by atoms with Crippen LogP contribution in [-0.4, -0.2) is 50.1 Å². The van der Waals surface area contributed by atoms with Crippen molar-refractivity contribution in [1.29, 1.82) is 0 Å². The van der Waals surface area contributed by atoms with E-state index in [1.165, 1.54) is 0 Å². The van der Waals surface area contributed by atoms with Crippen LogP contribution >= 0.6 is 0 Å². The minimum absolute atomic E-state index is 0.00363. The summed E-state index contributed by atoms with van der Waals surface area (Å²) in [6, 6.07) is 7.64. The normalized spacial score (nSPS) is 22.1. The third-order valence-corrected chi connectivity index (χ3v) is 4.39. The number of hydrogen-bond donors (Lipinski definition) is 1. The molecule has 2 fully saturated rings. The molecule has 0 saturated carbocycles. The number of methoxy groups -OCH3 is 1. The lowest BCUT2D eigenvalue weighted by Crippen LogP contribution is -2.53. The molecule has 0 spiro atoms. The fourth-order valence-electron chi connectivity index (χ4n) is 3.21. The Balaban J connectivity index is 1.61. The molecule has 2 amide bonds. The number of nitrogens with zero attached hydrogens (tertiary/aromatic N) is 1. The van der Waals surface area contributed by atoms with E-state index in [9.17, 15) is 4.79 Å². The van der Waals surface area contributed by atoms with Crippen molar-refractivity contribution in [2.45, 2.75) is 38.1 Å². The zero-order valence-electron chi connectivity index (χ0n) is 13.5. The first kappa shape index (κ1) is 16.1. The average Bonchev–Trinajstić information content (AvgIpc) is 3.14. The lowest BCUT2D eigenvalue weighted by molar-refractivity contribution is -0.0983. The Labute approximate surface area is 136 Å². The van der Waals surface area contributed by atoms with Crippen LogP contribution in [-0.2, 0) is 16.0 Å². The summed E-state index contributed by atoms with van der Waals surface area (Å²) in [5.74, 6) is 0.783. The Bertz CT molecular complexity index is 531. The molecule has 0 aromatic heterocycles. The molecular weight excluding hydrogens is 296 g/mol. The van der Waals surface area contributed by atoms with E-state index in [4.69, 9.17) is 14.2 Å². The molecule has 6 heteroatoms. The lowest BCUT2D eigenvalue weighted by Gasteiger charge is -2.37. The van der Waals surface area contributed by atoms with Gasteiger partial charge in [-0.05, 0) is 25.3 Å². The van der Waals surface area contributed by atoms with Gasteiger partial charge in [-0.15, -0.1) is 0 Å². The van der Waals surface area contributed by atoms with Crippen molar-refractivity contribution in [3.05, 3.63) is 29.8 Å². The molecule has 1 aromatic rings. The molecule has 6 nitrogen and oxygen atoms in total. The molecule has 0 radical (unpaired) electrons. The van der Waals surface area contributed by atoms with Gasteiger partial charge in [0.25, 0.3) is 0 Å². The number of amides is 2. The fraction of sp³-hybridized carbons (Fsp3) is 0.588. The number of rotatable bonds is 4. The third kappa shape index (κ3) is 3.76. The van der Waals surface area contributed by atoms with Crippen LogP contribution in [0.15, 0.2) is 24.3 Å². The van der Waals surface area contributed by atoms with Crippen molar-refractivity contribution < 1.29 is 19.0 Å². The van der Waals surface area contributed by atoms with Crippen molar-refractivity contribution in [3.63, 3.8) is 0 Å². The molecule has 0 unspecified atom stereocenters. The third-order valence-electron chi connectivity index (χ3n) is 4.39. The number of carbonyl (C=O) groups is 1. The second-order valence-electron chi connectivity index (χ2n) is 5.84. The van der Waals surface area contributed by atoms with Gasteiger partial charge in [0.05, 0.1) is 26.4 Å². The quantitative estimate of drug-likeness (QED) is 0.923. The van der Waals surface area contributed by atoms with Crippen LogP contribution in [0, 0.1) is 0 Å². The number of urea groups is 1. The Morgan fingerprint density at radius 2 is 2.09 bits per heavy atom. The van der Waals surface area contributed by atoms with Crippen LogP contribution in [0.4, 0.5) is 4.79 Å². The highest BCUT2D eigenvalue weighted by Gasteiger charge is 2.36. The van der Waals surface area contributed by atoms with E-state index in [2.05, 4.69) is 5.32 Å². The number of piperidine rings is 1. The second kappa shape index (κ2) is 7.66. The minimum atomic E-state index is -0.285. The van der Waals surface area contributed by atoms with Gasteiger partial charge in [0.1, 0.15) is 5.75 Å². The highest BCUT2D eigenvalue weighted by atomic mass is 16.7. The highest BCUT2D eigenvalue weighted by Crippen LogP contribution is 2.24. The number of nitrogens with one attached hydrogen (secondary N) is 1. The molecule has 1 N–H and O–H groups in total. The van der Waals surface area contributed by atoms with E-state index >= 15 is 0 Å². The number of carbonyl (C=O) groups excluding carboxylic acids is 1. The number of para-hydroxylation sites is 1. The van der Waals surface area contributed by atoms with E-state index in [-0.39, 0.29) is 18.4 Å². The standard InChI is InChI=1S/C17H24N2O4/c1-21-15-8-3-2-6-13(15)12-18-17(20)19-9-5-4-7-14(19)16-22-10-11-23-16/h2-3,6,8,14,16H,4-5,7,9-12H2,1H3,(H,18,20)/t14-/m0/s1. The molecule has 3 rings (SSSR count). The zero-order valence-corrected chi connectivity index (χ0v) is 13.5. The smallest absolute Gasteiger partial charge is 0.318 e. The number of benzene rings is 1. The minimum Gasteiger partial charge on any atom is -0.496 e. The lowest BCUT2D eigenvalue weighted by atomic mass is 10.0. The number of likely N-dealkylation sites (tertiary alicyclic amines) is 1. The van der Waals surface area contributed by atoms with Gasteiger partial charge in [0.15, 0.2) is 6.29 Å². The van der Waals surface area contributed by atoms with Crippen LogP contribution in [0.2, 0.25) is 0 Å². The van der Waals surface area contributed by atoms with E-state index in [1.807, 2.05) is 29.2 Å². The first-order chi connectivity index (χ1) is 11.3. The van der Waals surface area contributed by atoms with Gasteiger partial charge < -0.3 is 24.4 Å². The highest BCUT2D eigenvalue weighted by molar-refractivity contribution is 5.74. The summed E-state index contributed by atoms with van der Waals surface area (Å²) in [7, 11) is 1.64. The number of hydrogen-bond acceptors (Lipinski definition) is 4. The summed E-state index contributed by atoms with van der Waals surface area (Å²) in [5.41, 5.74) is 0.963. The maximum absolute atomic E-state index is 12.6. The van der Waals surface area contributed by atoms with Gasteiger partial charge in [-0.1, -0.05) is 18.2 Å². The summed E-state index contributed by atoms with van der Waals surface area (Å²) in [6.45, 7) is 2.40. The molecule has 23 heavy (non-hydrogen) atoms. The average molecular weight is 320 g/mol. The van der Waals surface area contributed by atoms with Crippen molar-refractivity contribution in [3.8, 4) is 5.75 Å². The number of ether oxygens (including phenoxy) is 3. The summed E-state index contributed by atoms with van der Waals surface area (Å²) >= 11 is 0. The second-order valence-corrected chi connectivity index (χ2v) is 5.84. The molecule has 2 saturated heterocycles. The van der Waals surface area contributed by atoms with E-state index < -0.39 is 0 Å². The Morgan fingerprint density at radius 1 is 1.30 bits per heavy atom.